The molecule has 0 spiro atoms. The molecule has 0 aliphatic heterocycles. The van der Waals surface area contributed by atoms with Gasteiger partial charge in [0, 0.05) is 10.6 Å². The number of hydrogen-bond acceptors (Lipinski definition) is 4. The third kappa shape index (κ3) is 5.35. The number of aryl methyl sites for hydroxylation is 1. The predicted molar refractivity (Wildman–Crippen MR) is 96.7 cm³/mol. The van der Waals surface area contributed by atoms with E-state index in [1.165, 1.54) is 6.07 Å². The summed E-state index contributed by atoms with van der Waals surface area (Å²) in [7, 11) is 1.16. The lowest BCUT2D eigenvalue weighted by Crippen LogP contribution is -2.21. The number of nitrogens with one attached hydrogen (secondary N) is 2. The smallest absolute Gasteiger partial charge is 0.416 e. The Kier molecular flexibility index (Phi) is 6.24. The van der Waals surface area contributed by atoms with Gasteiger partial charge < -0.3 is 15.4 Å². The van der Waals surface area contributed by atoms with Crippen molar-refractivity contribution >= 4 is 45.3 Å². The second-order valence-corrected chi connectivity index (χ2v) is 7.13. The Morgan fingerprint density at radius 2 is 1.54 bits per heavy atom. The molecule has 0 amide bonds. The highest BCUT2D eigenvalue weighted by Crippen LogP contribution is 2.37. The van der Waals surface area contributed by atoms with Crippen molar-refractivity contribution in [2.45, 2.75) is 19.3 Å². The zero-order valence-electron chi connectivity index (χ0n) is 14.2. The molecule has 1 heterocycles. The Morgan fingerprint density at radius 3 is 2.00 bits per heavy atom. The van der Waals surface area contributed by atoms with Crippen molar-refractivity contribution < 1.29 is 35.9 Å². The van der Waals surface area contributed by atoms with Crippen LogP contribution in [0, 0.1) is 6.92 Å². The van der Waals surface area contributed by atoms with Crippen molar-refractivity contribution in [3.05, 3.63) is 45.8 Å². The van der Waals surface area contributed by atoms with Crippen molar-refractivity contribution in [3.63, 3.8) is 0 Å². The number of thiocarbonyl (C=S) groups is 1. The fourth-order valence-corrected chi connectivity index (χ4v) is 3.35. The SMILES string of the molecule is COC(=O)c1cc(C)sc1NC(=S)Nc1cc(C(F)(F)F)cc(C(F)(F)F)c1. The van der Waals surface area contributed by atoms with Crippen LogP contribution in [0.1, 0.15) is 26.4 Å². The first kappa shape index (κ1) is 22.0. The molecule has 2 aromatic rings. The second-order valence-electron chi connectivity index (χ2n) is 5.47. The van der Waals surface area contributed by atoms with Gasteiger partial charge in [-0.05, 0) is 43.4 Å². The van der Waals surface area contributed by atoms with Crippen molar-refractivity contribution in [1.29, 1.82) is 0 Å². The number of rotatable bonds is 3. The van der Waals surface area contributed by atoms with Crippen LogP contribution < -0.4 is 10.6 Å². The summed E-state index contributed by atoms with van der Waals surface area (Å²) in [5.74, 6) is -0.673. The molecule has 1 aromatic carbocycles. The molecule has 0 aliphatic rings. The van der Waals surface area contributed by atoms with Gasteiger partial charge in [0.25, 0.3) is 0 Å². The van der Waals surface area contributed by atoms with E-state index < -0.39 is 35.1 Å². The average molecular weight is 442 g/mol. The number of anilines is 2. The maximum Gasteiger partial charge on any atom is 0.416 e. The number of ether oxygens (including phenoxy) is 1. The molecule has 0 unspecified atom stereocenters. The summed E-state index contributed by atoms with van der Waals surface area (Å²) in [6.45, 7) is 1.70. The number of halogens is 6. The molecule has 2 N–H and O–H groups in total. The monoisotopic (exact) mass is 442 g/mol. The Hall–Kier alpha value is -2.34. The summed E-state index contributed by atoms with van der Waals surface area (Å²) >= 11 is 6.07. The Bertz CT molecular complexity index is 873. The van der Waals surface area contributed by atoms with Crippen LogP contribution in [0.3, 0.4) is 0 Å². The molecule has 0 atom stereocenters. The van der Waals surface area contributed by atoms with Crippen LogP contribution in [0.5, 0.6) is 0 Å². The molecule has 0 fully saturated rings. The highest BCUT2D eigenvalue weighted by Gasteiger charge is 2.37. The van der Waals surface area contributed by atoms with Crippen molar-refractivity contribution in [1.82, 2.24) is 0 Å². The minimum atomic E-state index is -4.98. The van der Waals surface area contributed by atoms with E-state index in [0.717, 1.165) is 18.4 Å². The summed E-state index contributed by atoms with van der Waals surface area (Å²) in [5, 5.41) is 4.82. The van der Waals surface area contributed by atoms with Crippen LogP contribution in [-0.2, 0) is 17.1 Å². The quantitative estimate of drug-likeness (QED) is 0.363. The molecule has 0 saturated heterocycles. The molecule has 152 valence electrons. The Labute approximate surface area is 164 Å². The molecule has 0 radical (unpaired) electrons. The number of carbonyl (C=O) groups is 1. The number of carbonyl (C=O) groups excluding carboxylic acids is 1. The first-order valence-corrected chi connectivity index (χ1v) is 8.60. The van der Waals surface area contributed by atoms with E-state index in [4.69, 9.17) is 12.2 Å². The normalized spacial score (nSPS) is 11.9. The minimum absolute atomic E-state index is 0.0135. The molecule has 0 saturated carbocycles. The topological polar surface area (TPSA) is 50.4 Å². The lowest BCUT2D eigenvalue weighted by Gasteiger charge is -2.16. The Balaban J connectivity index is 2.30. The standard InChI is InChI=1S/C16H12F6N2O2S2/c1-7-3-11(13(25)26-2)12(28-7)24-14(27)23-10-5-8(15(17,18)19)4-9(6-10)16(20,21)22/h3-6H,1-2H3,(H2,23,24,27). The largest absolute Gasteiger partial charge is 0.465 e. The summed E-state index contributed by atoms with van der Waals surface area (Å²) in [4.78, 5) is 12.4. The van der Waals surface area contributed by atoms with E-state index in [-0.39, 0.29) is 21.7 Å². The van der Waals surface area contributed by atoms with Crippen LogP contribution in [0.2, 0.25) is 0 Å². The third-order valence-corrected chi connectivity index (χ3v) is 4.50. The molecular weight excluding hydrogens is 430 g/mol. The average Bonchev–Trinajstić information content (AvgIpc) is 2.92. The van der Waals surface area contributed by atoms with Gasteiger partial charge in [0.1, 0.15) is 5.00 Å². The van der Waals surface area contributed by atoms with Gasteiger partial charge in [-0.15, -0.1) is 11.3 Å². The van der Waals surface area contributed by atoms with Crippen LogP contribution in [0.15, 0.2) is 24.3 Å². The molecule has 2 rings (SSSR count). The van der Waals surface area contributed by atoms with E-state index in [9.17, 15) is 31.1 Å². The van der Waals surface area contributed by atoms with Gasteiger partial charge in [-0.1, -0.05) is 0 Å². The van der Waals surface area contributed by atoms with Crippen LogP contribution in [0.25, 0.3) is 0 Å². The van der Waals surface area contributed by atoms with E-state index in [0.29, 0.717) is 17.0 Å². The summed E-state index contributed by atoms with van der Waals surface area (Å²) in [6, 6.07) is 2.53. The number of alkyl halides is 6. The van der Waals surface area contributed by atoms with Crippen molar-refractivity contribution in [3.8, 4) is 0 Å². The Morgan fingerprint density at radius 1 is 1.00 bits per heavy atom. The lowest BCUT2D eigenvalue weighted by molar-refractivity contribution is -0.143. The molecule has 0 bridgehead atoms. The van der Waals surface area contributed by atoms with Gasteiger partial charge in [0.05, 0.1) is 23.8 Å². The third-order valence-electron chi connectivity index (χ3n) is 3.33. The second kappa shape index (κ2) is 7.95. The van der Waals surface area contributed by atoms with E-state index in [1.54, 1.807) is 6.92 Å². The first-order chi connectivity index (χ1) is 12.8. The summed E-state index contributed by atoms with van der Waals surface area (Å²) in [6.07, 6.45) is -9.95. The lowest BCUT2D eigenvalue weighted by atomic mass is 10.1. The fourth-order valence-electron chi connectivity index (χ4n) is 2.16. The molecule has 4 nitrogen and oxygen atoms in total. The number of methoxy groups -OCH3 is 1. The zero-order valence-corrected chi connectivity index (χ0v) is 15.8. The van der Waals surface area contributed by atoms with Gasteiger partial charge in [-0.25, -0.2) is 4.79 Å². The van der Waals surface area contributed by atoms with Gasteiger partial charge in [0.15, 0.2) is 5.11 Å². The van der Waals surface area contributed by atoms with Crippen LogP contribution in [-0.4, -0.2) is 18.2 Å². The number of esters is 1. The maximum atomic E-state index is 12.9. The van der Waals surface area contributed by atoms with Gasteiger partial charge in [-0.3, -0.25) is 0 Å². The summed E-state index contributed by atoms with van der Waals surface area (Å²) in [5.41, 5.74) is -3.33. The number of benzene rings is 1. The first-order valence-electron chi connectivity index (χ1n) is 7.37. The van der Waals surface area contributed by atoms with E-state index in [1.807, 2.05) is 0 Å². The zero-order chi connectivity index (χ0) is 21.3. The molecule has 1 aromatic heterocycles. The van der Waals surface area contributed by atoms with Gasteiger partial charge in [0.2, 0.25) is 0 Å². The van der Waals surface area contributed by atoms with Crippen molar-refractivity contribution in [2.24, 2.45) is 0 Å². The van der Waals surface area contributed by atoms with Crippen LogP contribution in [0.4, 0.5) is 37.0 Å². The minimum Gasteiger partial charge on any atom is -0.465 e. The molecule has 12 heteroatoms. The molecule has 28 heavy (non-hydrogen) atoms. The molecule has 0 aliphatic carbocycles. The van der Waals surface area contributed by atoms with Crippen molar-refractivity contribution in [2.75, 3.05) is 17.7 Å². The maximum absolute atomic E-state index is 12.9. The number of thiophene rings is 1. The highest BCUT2D eigenvalue weighted by atomic mass is 32.1. The highest BCUT2D eigenvalue weighted by molar-refractivity contribution is 7.80. The van der Waals surface area contributed by atoms with E-state index in [2.05, 4.69) is 15.4 Å². The van der Waals surface area contributed by atoms with Gasteiger partial charge >= 0.3 is 18.3 Å². The number of hydrogen-bond donors (Lipinski definition) is 2. The van der Waals surface area contributed by atoms with Crippen LogP contribution >= 0.6 is 23.6 Å². The summed E-state index contributed by atoms with van der Waals surface area (Å²) < 4.78 is 82.1. The fraction of sp³-hybridized carbons (Fsp3) is 0.250. The van der Waals surface area contributed by atoms with Gasteiger partial charge in [-0.2, -0.15) is 26.3 Å². The molecular formula is C16H12F6N2O2S2. The predicted octanol–water partition coefficient (Wildman–Crippen LogP) is 5.69. The van der Waals surface area contributed by atoms with E-state index >= 15 is 0 Å².